The Balaban J connectivity index is 1.41. The molecule has 0 saturated heterocycles. The smallest absolute Gasteiger partial charge is 0.325 e. The summed E-state index contributed by atoms with van der Waals surface area (Å²) in [5, 5.41) is 10.6. The van der Waals surface area contributed by atoms with Gasteiger partial charge in [-0.25, -0.2) is 0 Å². The number of anilines is 1. The second kappa shape index (κ2) is 6.25. The first-order valence-electron chi connectivity index (χ1n) is 8.67. The van der Waals surface area contributed by atoms with E-state index in [1.807, 2.05) is 30.3 Å². The van der Waals surface area contributed by atoms with E-state index >= 15 is 0 Å². The van der Waals surface area contributed by atoms with Gasteiger partial charge in [0.15, 0.2) is 0 Å². The largest absolute Gasteiger partial charge is 0.493 e. The number of hydrogen-bond donors (Lipinski definition) is 1. The molecule has 2 aromatic heterocycles. The van der Waals surface area contributed by atoms with Crippen LogP contribution in [0.3, 0.4) is 0 Å². The molecule has 0 fully saturated rings. The molecule has 0 spiro atoms. The average Bonchev–Trinajstić information content (AvgIpc) is 3.12. The van der Waals surface area contributed by atoms with Gasteiger partial charge in [-0.3, -0.25) is 4.98 Å². The molecule has 4 aromatic rings. The van der Waals surface area contributed by atoms with Crippen LogP contribution in [0.2, 0.25) is 0 Å². The third-order valence-corrected chi connectivity index (χ3v) is 4.69. The van der Waals surface area contributed by atoms with Gasteiger partial charge in [-0.05, 0) is 41.5 Å². The summed E-state index contributed by atoms with van der Waals surface area (Å²) in [6.07, 6.45) is 3.16. The highest BCUT2D eigenvalue weighted by Crippen LogP contribution is 2.32. The number of pyridine rings is 1. The van der Waals surface area contributed by atoms with Crippen molar-refractivity contribution in [2.24, 2.45) is 0 Å². The van der Waals surface area contributed by atoms with Crippen molar-refractivity contribution in [3.8, 4) is 17.6 Å². The monoisotopic (exact) mass is 356 g/mol. The number of fused-ring (bicyclic) bond motifs is 2. The SMILES string of the molecule is Oc1nc(Oc2ccc3c(c2)CN(c2ccccc2)C3)nc2cnccc12. The standard InChI is InChI=1S/C21H16N4O2/c26-20-18-8-9-22-11-19(18)23-21(24-20)27-17-7-6-14-12-25(13-15(14)10-17)16-4-2-1-3-5-16/h1-11H,12-13H2,(H,23,24,26). The first-order valence-corrected chi connectivity index (χ1v) is 8.67. The molecule has 0 radical (unpaired) electrons. The van der Waals surface area contributed by atoms with Crippen molar-refractivity contribution in [2.75, 3.05) is 4.90 Å². The van der Waals surface area contributed by atoms with Gasteiger partial charge >= 0.3 is 6.01 Å². The number of benzene rings is 2. The molecule has 1 aliphatic heterocycles. The Labute approximate surface area is 155 Å². The van der Waals surface area contributed by atoms with Crippen LogP contribution in [0.15, 0.2) is 67.0 Å². The molecule has 27 heavy (non-hydrogen) atoms. The van der Waals surface area contributed by atoms with E-state index in [2.05, 4.69) is 38.1 Å². The van der Waals surface area contributed by atoms with Gasteiger partial charge in [0.05, 0.1) is 17.1 Å². The number of aromatic nitrogens is 3. The maximum absolute atomic E-state index is 10.1. The van der Waals surface area contributed by atoms with Crippen molar-refractivity contribution < 1.29 is 9.84 Å². The Kier molecular flexibility index (Phi) is 3.60. The summed E-state index contributed by atoms with van der Waals surface area (Å²) in [6, 6.07) is 18.1. The van der Waals surface area contributed by atoms with Crippen molar-refractivity contribution >= 4 is 16.6 Å². The molecule has 0 saturated carbocycles. The van der Waals surface area contributed by atoms with Gasteiger partial charge in [-0.15, -0.1) is 0 Å². The van der Waals surface area contributed by atoms with E-state index in [-0.39, 0.29) is 11.9 Å². The van der Waals surface area contributed by atoms with Crippen LogP contribution in [-0.4, -0.2) is 20.1 Å². The van der Waals surface area contributed by atoms with Gasteiger partial charge in [-0.1, -0.05) is 24.3 Å². The minimum Gasteiger partial charge on any atom is -0.493 e. The maximum Gasteiger partial charge on any atom is 0.325 e. The van der Waals surface area contributed by atoms with Crippen molar-refractivity contribution in [2.45, 2.75) is 13.1 Å². The minimum absolute atomic E-state index is 0.103. The summed E-state index contributed by atoms with van der Waals surface area (Å²) < 4.78 is 5.80. The van der Waals surface area contributed by atoms with Crippen LogP contribution in [0.1, 0.15) is 11.1 Å². The number of hydrogen-bond acceptors (Lipinski definition) is 6. The van der Waals surface area contributed by atoms with E-state index in [1.54, 1.807) is 18.5 Å². The van der Waals surface area contributed by atoms with Crippen LogP contribution >= 0.6 is 0 Å². The Hall–Kier alpha value is -3.67. The fraction of sp³-hybridized carbons (Fsp3) is 0.0952. The number of nitrogens with zero attached hydrogens (tertiary/aromatic N) is 4. The summed E-state index contributed by atoms with van der Waals surface area (Å²) in [6.45, 7) is 1.70. The van der Waals surface area contributed by atoms with Gasteiger partial charge in [-0.2, -0.15) is 9.97 Å². The highest BCUT2D eigenvalue weighted by Gasteiger charge is 2.20. The molecule has 0 aliphatic carbocycles. The number of para-hydroxylation sites is 1. The molecule has 1 aliphatic rings. The zero-order chi connectivity index (χ0) is 18.2. The molecule has 3 heterocycles. The predicted molar refractivity (Wildman–Crippen MR) is 102 cm³/mol. The third kappa shape index (κ3) is 2.91. The summed E-state index contributed by atoms with van der Waals surface area (Å²) in [4.78, 5) is 14.7. The molecule has 132 valence electrons. The van der Waals surface area contributed by atoms with Crippen LogP contribution in [0.5, 0.6) is 17.6 Å². The quantitative estimate of drug-likeness (QED) is 0.597. The fourth-order valence-electron chi connectivity index (χ4n) is 3.35. The van der Waals surface area contributed by atoms with Crippen LogP contribution < -0.4 is 9.64 Å². The van der Waals surface area contributed by atoms with E-state index in [1.165, 1.54) is 16.8 Å². The van der Waals surface area contributed by atoms with Crippen LogP contribution in [0, 0.1) is 0 Å². The Morgan fingerprint density at radius 2 is 1.78 bits per heavy atom. The average molecular weight is 356 g/mol. The van der Waals surface area contributed by atoms with E-state index in [4.69, 9.17) is 4.74 Å². The molecular weight excluding hydrogens is 340 g/mol. The topological polar surface area (TPSA) is 71.4 Å². The highest BCUT2D eigenvalue weighted by atomic mass is 16.5. The van der Waals surface area contributed by atoms with Gasteiger partial charge in [0.25, 0.3) is 0 Å². The van der Waals surface area contributed by atoms with E-state index in [9.17, 15) is 5.11 Å². The molecule has 0 amide bonds. The van der Waals surface area contributed by atoms with Gasteiger partial charge in [0.2, 0.25) is 5.88 Å². The van der Waals surface area contributed by atoms with Gasteiger partial charge in [0, 0.05) is 25.0 Å². The summed E-state index contributed by atoms with van der Waals surface area (Å²) in [5.41, 5.74) is 4.23. The molecular formula is C21H16N4O2. The Morgan fingerprint density at radius 3 is 2.67 bits per heavy atom. The Bertz CT molecular complexity index is 1130. The normalized spacial score (nSPS) is 13.0. The lowest BCUT2D eigenvalue weighted by Crippen LogP contribution is -2.13. The molecule has 6 nitrogen and oxygen atoms in total. The van der Waals surface area contributed by atoms with E-state index in [0.29, 0.717) is 16.7 Å². The zero-order valence-electron chi connectivity index (χ0n) is 14.4. The number of rotatable bonds is 3. The lowest BCUT2D eigenvalue weighted by molar-refractivity contribution is 0.411. The first-order chi connectivity index (χ1) is 13.3. The molecule has 5 rings (SSSR count). The van der Waals surface area contributed by atoms with Crippen molar-refractivity contribution in [1.82, 2.24) is 15.0 Å². The summed E-state index contributed by atoms with van der Waals surface area (Å²) >= 11 is 0. The first kappa shape index (κ1) is 15.6. The van der Waals surface area contributed by atoms with E-state index in [0.717, 1.165) is 13.1 Å². The lowest BCUT2D eigenvalue weighted by Gasteiger charge is -2.17. The predicted octanol–water partition coefficient (Wildman–Crippen LogP) is 4.04. The molecule has 0 bridgehead atoms. The minimum atomic E-state index is -0.117. The lowest BCUT2D eigenvalue weighted by atomic mass is 10.1. The van der Waals surface area contributed by atoms with Crippen molar-refractivity contribution in [3.63, 3.8) is 0 Å². The molecule has 0 unspecified atom stereocenters. The highest BCUT2D eigenvalue weighted by molar-refractivity contribution is 5.82. The summed E-state index contributed by atoms with van der Waals surface area (Å²) in [5.74, 6) is 0.528. The fourth-order valence-corrected chi connectivity index (χ4v) is 3.35. The zero-order valence-corrected chi connectivity index (χ0v) is 14.4. The summed E-state index contributed by atoms with van der Waals surface area (Å²) in [7, 11) is 0. The van der Waals surface area contributed by atoms with E-state index < -0.39 is 0 Å². The number of ether oxygens (including phenoxy) is 1. The molecule has 0 atom stereocenters. The van der Waals surface area contributed by atoms with Gasteiger partial charge < -0.3 is 14.7 Å². The van der Waals surface area contributed by atoms with Crippen molar-refractivity contribution in [1.29, 1.82) is 0 Å². The van der Waals surface area contributed by atoms with Crippen LogP contribution in [-0.2, 0) is 13.1 Å². The molecule has 2 aromatic carbocycles. The third-order valence-electron chi connectivity index (χ3n) is 4.69. The van der Waals surface area contributed by atoms with Gasteiger partial charge in [0.1, 0.15) is 5.75 Å². The Morgan fingerprint density at radius 1 is 0.926 bits per heavy atom. The second-order valence-corrected chi connectivity index (χ2v) is 6.45. The number of aromatic hydroxyl groups is 1. The molecule has 1 N–H and O–H groups in total. The van der Waals surface area contributed by atoms with Crippen molar-refractivity contribution in [3.05, 3.63) is 78.1 Å². The van der Waals surface area contributed by atoms with Crippen LogP contribution in [0.25, 0.3) is 10.9 Å². The second-order valence-electron chi connectivity index (χ2n) is 6.45. The van der Waals surface area contributed by atoms with Crippen LogP contribution in [0.4, 0.5) is 5.69 Å². The maximum atomic E-state index is 10.1. The molecule has 6 heteroatoms.